The highest BCUT2D eigenvalue weighted by Gasteiger charge is 2.37. The Morgan fingerprint density at radius 1 is 1.40 bits per heavy atom. The second-order valence-electron chi connectivity index (χ2n) is 5.67. The van der Waals surface area contributed by atoms with Crippen LogP contribution in [-0.4, -0.2) is 22.8 Å². The van der Waals surface area contributed by atoms with Gasteiger partial charge in [0.05, 0.1) is 18.3 Å². The fourth-order valence-electron chi connectivity index (χ4n) is 3.21. The summed E-state index contributed by atoms with van der Waals surface area (Å²) < 4.78 is 5.78. The van der Waals surface area contributed by atoms with Crippen molar-refractivity contribution in [2.45, 2.75) is 44.3 Å². The van der Waals surface area contributed by atoms with E-state index in [1.54, 1.807) is 6.20 Å². The van der Waals surface area contributed by atoms with Crippen molar-refractivity contribution in [3.05, 3.63) is 42.2 Å². The highest BCUT2D eigenvalue weighted by molar-refractivity contribution is 5.85. The molecule has 20 heavy (non-hydrogen) atoms. The quantitative estimate of drug-likeness (QED) is 0.930. The monoisotopic (exact) mass is 271 g/mol. The Morgan fingerprint density at radius 3 is 3.15 bits per heavy atom. The number of nitrogens with zero attached hydrogens (tertiary/aromatic N) is 1. The number of hydrogen-bond donors (Lipinski definition) is 1. The number of hydrogen-bond acceptors (Lipinski definition) is 3. The van der Waals surface area contributed by atoms with E-state index in [1.807, 2.05) is 30.5 Å². The summed E-state index contributed by atoms with van der Waals surface area (Å²) in [5.41, 5.74) is 0.237. The Kier molecular flexibility index (Phi) is 3.72. The minimum absolute atomic E-state index is 0.163. The van der Waals surface area contributed by atoms with Crippen molar-refractivity contribution in [2.75, 3.05) is 6.61 Å². The molecule has 0 bridgehead atoms. The highest BCUT2D eigenvalue weighted by Crippen LogP contribution is 2.38. The maximum absolute atomic E-state index is 11.1. The van der Waals surface area contributed by atoms with Gasteiger partial charge in [-0.1, -0.05) is 31.5 Å². The zero-order valence-electron chi connectivity index (χ0n) is 11.9. The van der Waals surface area contributed by atoms with Crippen molar-refractivity contribution >= 4 is 10.8 Å². The zero-order valence-corrected chi connectivity index (χ0v) is 11.9. The molecule has 0 amide bonds. The molecule has 1 aromatic heterocycles. The summed E-state index contributed by atoms with van der Waals surface area (Å²) in [6, 6.07) is 8.07. The summed E-state index contributed by atoms with van der Waals surface area (Å²) in [5, 5.41) is 13.3. The first-order valence-corrected chi connectivity index (χ1v) is 7.40. The molecule has 2 atom stereocenters. The molecule has 1 aromatic carbocycles. The molecule has 0 saturated carbocycles. The fraction of sp³-hybridized carbons (Fsp3) is 0.471. The smallest absolute Gasteiger partial charge is 0.0949 e. The third-order valence-corrected chi connectivity index (χ3v) is 4.23. The molecule has 0 radical (unpaired) electrons. The Labute approximate surface area is 119 Å². The first-order chi connectivity index (χ1) is 9.73. The maximum atomic E-state index is 11.1. The average molecular weight is 271 g/mol. The lowest BCUT2D eigenvalue weighted by Gasteiger charge is -2.38. The summed E-state index contributed by atoms with van der Waals surface area (Å²) in [6.45, 7) is 2.78. The van der Waals surface area contributed by atoms with Crippen molar-refractivity contribution in [2.24, 2.45) is 0 Å². The lowest BCUT2D eigenvalue weighted by Crippen LogP contribution is -2.38. The van der Waals surface area contributed by atoms with E-state index in [0.717, 1.165) is 29.2 Å². The summed E-state index contributed by atoms with van der Waals surface area (Å²) in [4.78, 5) is 4.16. The molecule has 106 valence electrons. The van der Waals surface area contributed by atoms with E-state index in [2.05, 4.69) is 11.9 Å². The van der Waals surface area contributed by atoms with Crippen LogP contribution in [0, 0.1) is 0 Å². The molecule has 1 aliphatic heterocycles. The van der Waals surface area contributed by atoms with Gasteiger partial charge in [0.15, 0.2) is 0 Å². The first-order valence-electron chi connectivity index (χ1n) is 7.40. The van der Waals surface area contributed by atoms with Crippen molar-refractivity contribution in [1.82, 2.24) is 4.98 Å². The lowest BCUT2D eigenvalue weighted by atomic mass is 9.81. The zero-order chi connectivity index (χ0) is 14.0. The van der Waals surface area contributed by atoms with Crippen LogP contribution in [0.5, 0.6) is 0 Å². The molecule has 2 aromatic rings. The number of rotatable bonds is 3. The van der Waals surface area contributed by atoms with Crippen LogP contribution in [0.25, 0.3) is 10.8 Å². The highest BCUT2D eigenvalue weighted by atomic mass is 16.5. The van der Waals surface area contributed by atoms with Crippen molar-refractivity contribution in [1.29, 1.82) is 0 Å². The average Bonchev–Trinajstić information content (AvgIpc) is 2.47. The summed E-state index contributed by atoms with van der Waals surface area (Å²) in [5.74, 6) is 0. The van der Waals surface area contributed by atoms with Gasteiger partial charge in [-0.05, 0) is 23.4 Å². The van der Waals surface area contributed by atoms with Crippen LogP contribution in [0.2, 0.25) is 0 Å². The Hall–Kier alpha value is -1.45. The first kappa shape index (κ1) is 13.5. The summed E-state index contributed by atoms with van der Waals surface area (Å²) in [7, 11) is 0. The van der Waals surface area contributed by atoms with Crippen LogP contribution in [0.1, 0.15) is 38.2 Å². The van der Waals surface area contributed by atoms with Gasteiger partial charge in [-0.15, -0.1) is 0 Å². The van der Waals surface area contributed by atoms with E-state index < -0.39 is 5.60 Å². The Morgan fingerprint density at radius 2 is 2.30 bits per heavy atom. The molecule has 2 heterocycles. The van der Waals surface area contributed by atoms with Gasteiger partial charge in [0, 0.05) is 30.6 Å². The molecule has 2 unspecified atom stereocenters. The Balaban J connectivity index is 2.00. The molecular formula is C17H21NO2. The van der Waals surface area contributed by atoms with E-state index in [1.165, 1.54) is 0 Å². The third-order valence-electron chi connectivity index (χ3n) is 4.23. The largest absolute Gasteiger partial charge is 0.385 e. The fourth-order valence-corrected chi connectivity index (χ4v) is 3.21. The molecule has 1 aliphatic rings. The number of pyridine rings is 1. The van der Waals surface area contributed by atoms with Gasteiger partial charge >= 0.3 is 0 Å². The van der Waals surface area contributed by atoms with E-state index in [-0.39, 0.29) is 6.10 Å². The SMILES string of the molecule is CCCC1CC(O)(c2cccc3cnccc23)CCO1. The number of aromatic nitrogens is 1. The minimum atomic E-state index is -0.779. The van der Waals surface area contributed by atoms with Crippen LogP contribution in [0.3, 0.4) is 0 Å². The second kappa shape index (κ2) is 5.51. The van der Waals surface area contributed by atoms with Crippen molar-refractivity contribution in [3.63, 3.8) is 0 Å². The molecule has 3 rings (SSSR count). The predicted octanol–water partition coefficient (Wildman–Crippen LogP) is 3.40. The van der Waals surface area contributed by atoms with Gasteiger partial charge in [-0.3, -0.25) is 4.98 Å². The topological polar surface area (TPSA) is 42.4 Å². The van der Waals surface area contributed by atoms with E-state index in [4.69, 9.17) is 4.74 Å². The second-order valence-corrected chi connectivity index (χ2v) is 5.67. The van der Waals surface area contributed by atoms with Gasteiger partial charge in [-0.2, -0.15) is 0 Å². The molecule has 1 fully saturated rings. The lowest BCUT2D eigenvalue weighted by molar-refractivity contribution is -0.109. The minimum Gasteiger partial charge on any atom is -0.385 e. The van der Waals surface area contributed by atoms with Crippen molar-refractivity contribution in [3.8, 4) is 0 Å². The van der Waals surface area contributed by atoms with Crippen LogP contribution in [0.4, 0.5) is 0 Å². The molecule has 1 N–H and O–H groups in total. The summed E-state index contributed by atoms with van der Waals surface area (Å²) in [6.07, 6.45) is 7.24. The molecule has 3 nitrogen and oxygen atoms in total. The Bertz CT molecular complexity index is 591. The van der Waals surface area contributed by atoms with Gasteiger partial charge in [0.25, 0.3) is 0 Å². The van der Waals surface area contributed by atoms with Crippen LogP contribution >= 0.6 is 0 Å². The van der Waals surface area contributed by atoms with Crippen molar-refractivity contribution < 1.29 is 9.84 Å². The standard InChI is InChI=1S/C17H21NO2/c1-2-4-14-11-17(19,8-10-20-14)16-6-3-5-13-12-18-9-7-15(13)16/h3,5-7,9,12,14,19H,2,4,8,10-11H2,1H3. The third kappa shape index (κ3) is 2.43. The number of fused-ring (bicyclic) bond motifs is 1. The van der Waals surface area contributed by atoms with Crippen LogP contribution < -0.4 is 0 Å². The molecule has 3 heteroatoms. The van der Waals surface area contributed by atoms with Gasteiger partial charge in [0.1, 0.15) is 0 Å². The molecule has 0 aliphatic carbocycles. The van der Waals surface area contributed by atoms with Crippen LogP contribution in [-0.2, 0) is 10.3 Å². The van der Waals surface area contributed by atoms with Gasteiger partial charge in [0.2, 0.25) is 0 Å². The van der Waals surface area contributed by atoms with Gasteiger partial charge < -0.3 is 9.84 Å². The van der Waals surface area contributed by atoms with Gasteiger partial charge in [-0.25, -0.2) is 0 Å². The predicted molar refractivity (Wildman–Crippen MR) is 79.5 cm³/mol. The molecular weight excluding hydrogens is 250 g/mol. The van der Waals surface area contributed by atoms with E-state index in [9.17, 15) is 5.11 Å². The summed E-state index contributed by atoms with van der Waals surface area (Å²) >= 11 is 0. The molecule has 1 saturated heterocycles. The number of aliphatic hydroxyl groups is 1. The van der Waals surface area contributed by atoms with E-state index in [0.29, 0.717) is 19.4 Å². The van der Waals surface area contributed by atoms with E-state index >= 15 is 0 Å². The van der Waals surface area contributed by atoms with Crippen LogP contribution in [0.15, 0.2) is 36.7 Å². The number of benzene rings is 1. The molecule has 0 spiro atoms. The maximum Gasteiger partial charge on any atom is 0.0949 e. The number of ether oxygens (including phenoxy) is 1. The normalized spacial score (nSPS) is 26.8.